The number of hydrogen-bond acceptors (Lipinski definition) is 4. The molecule has 2 amide bonds. The Kier molecular flexibility index (Phi) is 7.40. The lowest BCUT2D eigenvalue weighted by molar-refractivity contribution is -0.384. The van der Waals surface area contributed by atoms with Crippen LogP contribution in [0.3, 0.4) is 0 Å². The van der Waals surface area contributed by atoms with Crippen molar-refractivity contribution in [1.29, 1.82) is 0 Å². The van der Waals surface area contributed by atoms with E-state index in [4.69, 9.17) is 11.6 Å². The van der Waals surface area contributed by atoms with Gasteiger partial charge in [0.25, 0.3) is 17.5 Å². The van der Waals surface area contributed by atoms with Gasteiger partial charge in [0.2, 0.25) is 0 Å². The molecule has 0 radical (unpaired) electrons. The molecule has 0 atom stereocenters. The van der Waals surface area contributed by atoms with Gasteiger partial charge in [-0.3, -0.25) is 19.7 Å². The first-order valence-corrected chi connectivity index (χ1v) is 10.5. The number of carbonyl (C=O) groups excluding carboxylic acids is 2. The SMILES string of the molecule is Cc1ccc(NC(=O)/C(=C/c2cccc([N+](=O)[O-])c2)NC(=O)c2cccc(Cl)c2)c(Br)c1. The molecule has 0 saturated carbocycles. The molecule has 9 heteroatoms. The van der Waals surface area contributed by atoms with Crippen molar-refractivity contribution < 1.29 is 14.5 Å². The van der Waals surface area contributed by atoms with Gasteiger partial charge < -0.3 is 10.6 Å². The van der Waals surface area contributed by atoms with Crippen LogP contribution >= 0.6 is 27.5 Å². The zero-order chi connectivity index (χ0) is 23.3. The summed E-state index contributed by atoms with van der Waals surface area (Å²) < 4.78 is 0.668. The van der Waals surface area contributed by atoms with Gasteiger partial charge in [0.1, 0.15) is 5.70 Å². The van der Waals surface area contributed by atoms with E-state index in [0.717, 1.165) is 5.56 Å². The molecule has 0 aliphatic carbocycles. The Morgan fingerprint density at radius 3 is 2.50 bits per heavy atom. The number of non-ortho nitro benzene ring substituents is 1. The highest BCUT2D eigenvalue weighted by atomic mass is 79.9. The molecule has 3 rings (SSSR count). The molecule has 0 spiro atoms. The van der Waals surface area contributed by atoms with Crippen molar-refractivity contribution in [2.24, 2.45) is 0 Å². The zero-order valence-corrected chi connectivity index (χ0v) is 19.1. The molecule has 7 nitrogen and oxygen atoms in total. The van der Waals surface area contributed by atoms with Crippen LogP contribution in [0.1, 0.15) is 21.5 Å². The molecule has 3 aromatic carbocycles. The first kappa shape index (κ1) is 23.2. The monoisotopic (exact) mass is 513 g/mol. The molecule has 162 valence electrons. The number of nitro benzene ring substituents is 1. The summed E-state index contributed by atoms with van der Waals surface area (Å²) in [6.07, 6.45) is 1.37. The summed E-state index contributed by atoms with van der Waals surface area (Å²) in [7, 11) is 0. The average Bonchev–Trinajstić information content (AvgIpc) is 2.75. The van der Waals surface area contributed by atoms with E-state index in [1.807, 2.05) is 19.1 Å². The third kappa shape index (κ3) is 6.03. The summed E-state index contributed by atoms with van der Waals surface area (Å²) in [6, 6.07) is 17.4. The number of carbonyl (C=O) groups is 2. The highest BCUT2D eigenvalue weighted by Gasteiger charge is 2.17. The Labute approximate surface area is 197 Å². The number of anilines is 1. The van der Waals surface area contributed by atoms with Gasteiger partial charge in [-0.05, 0) is 70.4 Å². The van der Waals surface area contributed by atoms with E-state index in [2.05, 4.69) is 26.6 Å². The molecule has 32 heavy (non-hydrogen) atoms. The van der Waals surface area contributed by atoms with Crippen molar-refractivity contribution in [2.45, 2.75) is 6.92 Å². The van der Waals surface area contributed by atoms with Crippen molar-refractivity contribution in [3.8, 4) is 0 Å². The number of nitro groups is 1. The van der Waals surface area contributed by atoms with Crippen LogP contribution in [0.2, 0.25) is 5.02 Å². The topological polar surface area (TPSA) is 101 Å². The van der Waals surface area contributed by atoms with Gasteiger partial charge in [0.15, 0.2) is 0 Å². The predicted molar refractivity (Wildman–Crippen MR) is 128 cm³/mol. The third-order valence-electron chi connectivity index (χ3n) is 4.34. The minimum Gasteiger partial charge on any atom is -0.320 e. The first-order valence-electron chi connectivity index (χ1n) is 9.33. The fraction of sp³-hybridized carbons (Fsp3) is 0.0435. The summed E-state index contributed by atoms with van der Waals surface area (Å²) in [5, 5.41) is 16.8. The van der Waals surface area contributed by atoms with Crippen LogP contribution in [-0.4, -0.2) is 16.7 Å². The number of benzene rings is 3. The minimum absolute atomic E-state index is 0.0945. The number of amides is 2. The quantitative estimate of drug-likeness (QED) is 0.249. The molecule has 0 aliphatic rings. The van der Waals surface area contributed by atoms with E-state index < -0.39 is 16.7 Å². The molecule has 0 bridgehead atoms. The molecule has 0 heterocycles. The number of nitrogens with one attached hydrogen (secondary N) is 2. The molecule has 0 unspecified atom stereocenters. The van der Waals surface area contributed by atoms with Crippen molar-refractivity contribution in [2.75, 3.05) is 5.32 Å². The third-order valence-corrected chi connectivity index (χ3v) is 5.24. The van der Waals surface area contributed by atoms with Gasteiger partial charge in [-0.25, -0.2) is 0 Å². The number of nitrogens with zero attached hydrogens (tertiary/aromatic N) is 1. The smallest absolute Gasteiger partial charge is 0.272 e. The summed E-state index contributed by atoms with van der Waals surface area (Å²) in [5.74, 6) is -1.15. The zero-order valence-electron chi connectivity index (χ0n) is 16.8. The van der Waals surface area contributed by atoms with Crippen LogP contribution in [0.15, 0.2) is 76.9 Å². The molecule has 0 aromatic heterocycles. The van der Waals surface area contributed by atoms with E-state index in [1.165, 1.54) is 30.3 Å². The first-order chi connectivity index (χ1) is 15.2. The van der Waals surface area contributed by atoms with Gasteiger partial charge in [0, 0.05) is 27.2 Å². The number of halogens is 2. The van der Waals surface area contributed by atoms with Crippen LogP contribution < -0.4 is 10.6 Å². The Morgan fingerprint density at radius 2 is 1.81 bits per heavy atom. The van der Waals surface area contributed by atoms with E-state index in [-0.39, 0.29) is 16.9 Å². The Morgan fingerprint density at radius 1 is 1.06 bits per heavy atom. The second-order valence-corrected chi connectivity index (χ2v) is 8.10. The lowest BCUT2D eigenvalue weighted by Crippen LogP contribution is -2.30. The maximum absolute atomic E-state index is 13.0. The van der Waals surface area contributed by atoms with Gasteiger partial charge in [0.05, 0.1) is 10.6 Å². The largest absolute Gasteiger partial charge is 0.320 e. The van der Waals surface area contributed by atoms with Crippen LogP contribution in [0, 0.1) is 17.0 Å². The minimum atomic E-state index is -0.601. The van der Waals surface area contributed by atoms with E-state index in [0.29, 0.717) is 20.7 Å². The summed E-state index contributed by atoms with van der Waals surface area (Å²) in [4.78, 5) is 36.3. The van der Waals surface area contributed by atoms with Gasteiger partial charge in [-0.2, -0.15) is 0 Å². The van der Waals surface area contributed by atoms with Crippen LogP contribution in [0.5, 0.6) is 0 Å². The lowest BCUT2D eigenvalue weighted by atomic mass is 10.1. The number of rotatable bonds is 6. The van der Waals surface area contributed by atoms with Crippen molar-refractivity contribution in [1.82, 2.24) is 5.32 Å². The second kappa shape index (κ2) is 10.2. The Bertz CT molecular complexity index is 1240. The normalized spacial score (nSPS) is 11.0. The number of hydrogen-bond donors (Lipinski definition) is 2. The molecule has 3 aromatic rings. The lowest BCUT2D eigenvalue weighted by Gasteiger charge is -2.13. The predicted octanol–water partition coefficient (Wildman–Crippen LogP) is 5.73. The van der Waals surface area contributed by atoms with Crippen LogP contribution in [0.4, 0.5) is 11.4 Å². The van der Waals surface area contributed by atoms with E-state index in [1.54, 1.807) is 30.3 Å². The van der Waals surface area contributed by atoms with Crippen LogP contribution in [0.25, 0.3) is 6.08 Å². The highest BCUT2D eigenvalue weighted by Crippen LogP contribution is 2.24. The molecular formula is C23H17BrClN3O4. The van der Waals surface area contributed by atoms with Gasteiger partial charge in [-0.1, -0.05) is 35.9 Å². The summed E-state index contributed by atoms with van der Waals surface area (Å²) in [6.45, 7) is 1.91. The fourth-order valence-electron chi connectivity index (χ4n) is 2.79. The Balaban J connectivity index is 1.96. The van der Waals surface area contributed by atoms with Crippen molar-refractivity contribution >= 4 is 56.8 Å². The second-order valence-electron chi connectivity index (χ2n) is 6.81. The van der Waals surface area contributed by atoms with Crippen molar-refractivity contribution in [3.05, 3.63) is 109 Å². The standard InChI is InChI=1S/C23H17BrClN3O4/c1-14-8-9-20(19(24)10-14)26-23(30)21(12-15-4-2-7-18(11-15)28(31)32)27-22(29)16-5-3-6-17(25)13-16/h2-13H,1H3,(H,26,30)(H,27,29)/b21-12-. The van der Waals surface area contributed by atoms with Gasteiger partial charge >= 0.3 is 0 Å². The maximum Gasteiger partial charge on any atom is 0.272 e. The summed E-state index contributed by atoms with van der Waals surface area (Å²) >= 11 is 9.36. The molecule has 0 saturated heterocycles. The van der Waals surface area contributed by atoms with Crippen molar-refractivity contribution in [3.63, 3.8) is 0 Å². The molecule has 0 fully saturated rings. The summed E-state index contributed by atoms with van der Waals surface area (Å²) in [5.41, 5.74) is 1.90. The average molecular weight is 515 g/mol. The van der Waals surface area contributed by atoms with Gasteiger partial charge in [-0.15, -0.1) is 0 Å². The van der Waals surface area contributed by atoms with Crippen LogP contribution in [-0.2, 0) is 4.79 Å². The molecular weight excluding hydrogens is 498 g/mol. The molecule has 2 N–H and O–H groups in total. The highest BCUT2D eigenvalue weighted by molar-refractivity contribution is 9.10. The fourth-order valence-corrected chi connectivity index (χ4v) is 3.57. The number of aryl methyl sites for hydroxylation is 1. The van der Waals surface area contributed by atoms with E-state index >= 15 is 0 Å². The Hall–Kier alpha value is -3.49. The maximum atomic E-state index is 13.0. The van der Waals surface area contributed by atoms with E-state index in [9.17, 15) is 19.7 Å². The molecule has 0 aliphatic heterocycles.